The van der Waals surface area contributed by atoms with Crippen LogP contribution in [-0.2, 0) is 0 Å². The highest BCUT2D eigenvalue weighted by molar-refractivity contribution is 5.37. The van der Waals surface area contributed by atoms with Crippen LogP contribution in [0.15, 0.2) is 6.07 Å². The van der Waals surface area contributed by atoms with Gasteiger partial charge in [-0.25, -0.2) is 0 Å². The predicted octanol–water partition coefficient (Wildman–Crippen LogP) is 1.53. The van der Waals surface area contributed by atoms with Crippen LogP contribution in [0.25, 0.3) is 0 Å². The van der Waals surface area contributed by atoms with Crippen molar-refractivity contribution < 1.29 is 0 Å². The second kappa shape index (κ2) is 4.46. The molecule has 0 aliphatic rings. The Morgan fingerprint density at radius 1 is 1.46 bits per heavy atom. The van der Waals surface area contributed by atoms with Crippen LogP contribution in [-0.4, -0.2) is 16.7 Å². The highest BCUT2D eigenvalue weighted by atomic mass is 15.2. The average Bonchev–Trinajstić information content (AvgIpc) is 2.12. The largest absolute Gasteiger partial charge is 0.368 e. The molecule has 0 saturated heterocycles. The van der Waals surface area contributed by atoms with Crippen LogP contribution in [0.3, 0.4) is 0 Å². The Kier molecular flexibility index (Phi) is 3.27. The van der Waals surface area contributed by atoms with E-state index in [2.05, 4.69) is 21.4 Å². The van der Waals surface area contributed by atoms with Gasteiger partial charge in [-0.3, -0.25) is 0 Å². The number of nitrogens with one attached hydrogen (secondary N) is 1. The van der Waals surface area contributed by atoms with E-state index >= 15 is 0 Å². The van der Waals surface area contributed by atoms with E-state index in [0.29, 0.717) is 6.42 Å². The van der Waals surface area contributed by atoms with Crippen molar-refractivity contribution in [3.8, 4) is 12.3 Å². The molecule has 0 unspecified atom stereocenters. The minimum Gasteiger partial charge on any atom is -0.368 e. The number of aromatic nitrogens is 2. The Morgan fingerprint density at radius 2 is 2.23 bits per heavy atom. The third-order valence-corrected chi connectivity index (χ3v) is 1.81. The molecule has 0 aliphatic heterocycles. The van der Waals surface area contributed by atoms with E-state index in [4.69, 9.17) is 6.42 Å². The lowest BCUT2D eigenvalue weighted by molar-refractivity contribution is 0.945. The van der Waals surface area contributed by atoms with Gasteiger partial charge in [0.25, 0.3) is 0 Å². The van der Waals surface area contributed by atoms with Crippen molar-refractivity contribution in [2.45, 2.75) is 20.3 Å². The highest BCUT2D eigenvalue weighted by Gasteiger charge is 1.97. The Balaban J connectivity index is 2.59. The zero-order valence-electron chi connectivity index (χ0n) is 7.96. The van der Waals surface area contributed by atoms with E-state index in [1.54, 1.807) is 0 Å². The third kappa shape index (κ3) is 2.75. The normalized spacial score (nSPS) is 9.31. The lowest BCUT2D eigenvalue weighted by Gasteiger charge is -2.04. The monoisotopic (exact) mass is 175 g/mol. The van der Waals surface area contributed by atoms with E-state index in [1.807, 2.05) is 19.9 Å². The van der Waals surface area contributed by atoms with Gasteiger partial charge in [-0.2, -0.15) is 5.10 Å². The molecule has 1 heterocycles. The third-order valence-electron chi connectivity index (χ3n) is 1.81. The van der Waals surface area contributed by atoms with Crippen molar-refractivity contribution in [1.29, 1.82) is 0 Å². The molecule has 0 aromatic carbocycles. The van der Waals surface area contributed by atoms with Crippen LogP contribution in [0, 0.1) is 26.2 Å². The lowest BCUT2D eigenvalue weighted by Crippen LogP contribution is -2.04. The van der Waals surface area contributed by atoms with E-state index in [9.17, 15) is 0 Å². The first-order chi connectivity index (χ1) is 6.24. The van der Waals surface area contributed by atoms with E-state index in [1.165, 1.54) is 0 Å². The molecule has 1 aromatic rings. The summed E-state index contributed by atoms with van der Waals surface area (Å²) >= 11 is 0. The Hall–Kier alpha value is -1.56. The molecule has 1 aromatic heterocycles. The van der Waals surface area contributed by atoms with Crippen molar-refractivity contribution in [3.05, 3.63) is 17.3 Å². The van der Waals surface area contributed by atoms with E-state index in [-0.39, 0.29) is 0 Å². The van der Waals surface area contributed by atoms with E-state index in [0.717, 1.165) is 23.6 Å². The van der Waals surface area contributed by atoms with Gasteiger partial charge in [-0.05, 0) is 25.5 Å². The number of anilines is 1. The van der Waals surface area contributed by atoms with Crippen LogP contribution < -0.4 is 5.32 Å². The second-order valence-electron chi connectivity index (χ2n) is 2.88. The van der Waals surface area contributed by atoms with Crippen molar-refractivity contribution in [2.24, 2.45) is 0 Å². The van der Waals surface area contributed by atoms with E-state index < -0.39 is 0 Å². The zero-order valence-corrected chi connectivity index (χ0v) is 7.96. The number of nitrogens with zero attached hydrogens (tertiary/aromatic N) is 2. The smallest absolute Gasteiger partial charge is 0.148 e. The van der Waals surface area contributed by atoms with Gasteiger partial charge in [0.15, 0.2) is 0 Å². The van der Waals surface area contributed by atoms with Gasteiger partial charge in [0, 0.05) is 13.0 Å². The van der Waals surface area contributed by atoms with Crippen molar-refractivity contribution in [2.75, 3.05) is 11.9 Å². The standard InChI is InChI=1S/C10H13N3/c1-4-5-6-11-10-7-8(2)9(3)12-13-10/h1,7H,5-6H2,2-3H3,(H,11,13). The molecule has 68 valence electrons. The minimum atomic E-state index is 0.703. The van der Waals surface area contributed by atoms with Crippen molar-refractivity contribution in [1.82, 2.24) is 10.2 Å². The number of hydrogen-bond donors (Lipinski definition) is 1. The van der Waals surface area contributed by atoms with Gasteiger partial charge in [0.1, 0.15) is 5.82 Å². The van der Waals surface area contributed by atoms with Crippen molar-refractivity contribution >= 4 is 5.82 Å². The first-order valence-electron chi connectivity index (χ1n) is 4.22. The summed E-state index contributed by atoms with van der Waals surface area (Å²) in [6, 6.07) is 1.97. The maximum absolute atomic E-state index is 5.12. The fourth-order valence-corrected chi connectivity index (χ4v) is 0.895. The van der Waals surface area contributed by atoms with Gasteiger partial charge >= 0.3 is 0 Å². The summed E-state index contributed by atoms with van der Waals surface area (Å²) in [5, 5.41) is 11.1. The second-order valence-corrected chi connectivity index (χ2v) is 2.88. The maximum Gasteiger partial charge on any atom is 0.148 e. The lowest BCUT2D eigenvalue weighted by atomic mass is 10.2. The predicted molar refractivity (Wildman–Crippen MR) is 53.4 cm³/mol. The van der Waals surface area contributed by atoms with Gasteiger partial charge in [0.05, 0.1) is 5.69 Å². The molecule has 0 saturated carbocycles. The summed E-state index contributed by atoms with van der Waals surface area (Å²) in [7, 11) is 0. The van der Waals surface area contributed by atoms with Crippen LogP contribution >= 0.6 is 0 Å². The quantitative estimate of drug-likeness (QED) is 0.559. The number of hydrogen-bond acceptors (Lipinski definition) is 3. The van der Waals surface area contributed by atoms with Crippen molar-refractivity contribution in [3.63, 3.8) is 0 Å². The summed E-state index contributed by atoms with van der Waals surface area (Å²) in [4.78, 5) is 0. The first kappa shape index (κ1) is 9.53. The molecule has 3 heteroatoms. The Bertz CT molecular complexity index is 325. The molecule has 0 bridgehead atoms. The summed E-state index contributed by atoms with van der Waals surface area (Å²) in [5.74, 6) is 3.34. The minimum absolute atomic E-state index is 0.703. The van der Waals surface area contributed by atoms with Crippen LogP contribution in [0.1, 0.15) is 17.7 Å². The summed E-state index contributed by atoms with van der Waals surface area (Å²) in [6.45, 7) is 4.69. The Morgan fingerprint density at radius 3 is 2.85 bits per heavy atom. The first-order valence-corrected chi connectivity index (χ1v) is 4.22. The number of aryl methyl sites for hydroxylation is 2. The molecule has 3 nitrogen and oxygen atoms in total. The summed E-state index contributed by atoms with van der Waals surface area (Å²) in [5.41, 5.74) is 2.10. The molecule has 0 radical (unpaired) electrons. The topological polar surface area (TPSA) is 37.8 Å². The van der Waals surface area contributed by atoms with Crippen LogP contribution in [0.2, 0.25) is 0 Å². The van der Waals surface area contributed by atoms with Gasteiger partial charge in [0.2, 0.25) is 0 Å². The molecular weight excluding hydrogens is 162 g/mol. The molecule has 0 atom stereocenters. The zero-order chi connectivity index (χ0) is 9.68. The fourth-order valence-electron chi connectivity index (χ4n) is 0.895. The number of rotatable bonds is 3. The average molecular weight is 175 g/mol. The number of terminal acetylenes is 1. The van der Waals surface area contributed by atoms with Gasteiger partial charge in [-0.1, -0.05) is 0 Å². The molecule has 13 heavy (non-hydrogen) atoms. The fraction of sp³-hybridized carbons (Fsp3) is 0.400. The molecule has 0 aliphatic carbocycles. The molecule has 1 N–H and O–H groups in total. The maximum atomic E-state index is 5.12. The highest BCUT2D eigenvalue weighted by Crippen LogP contribution is 2.07. The van der Waals surface area contributed by atoms with Gasteiger partial charge in [-0.15, -0.1) is 17.4 Å². The molecule has 0 amide bonds. The SMILES string of the molecule is C#CCCNc1cc(C)c(C)nn1. The Labute approximate surface area is 78.6 Å². The summed E-state index contributed by atoms with van der Waals surface area (Å²) < 4.78 is 0. The van der Waals surface area contributed by atoms with Gasteiger partial charge < -0.3 is 5.32 Å². The summed E-state index contributed by atoms with van der Waals surface area (Å²) in [6.07, 6.45) is 5.82. The van der Waals surface area contributed by atoms with Crippen LogP contribution in [0.4, 0.5) is 5.82 Å². The molecule has 0 spiro atoms. The molecule has 0 fully saturated rings. The molecule has 1 rings (SSSR count). The van der Waals surface area contributed by atoms with Crippen LogP contribution in [0.5, 0.6) is 0 Å². The molecular formula is C10H13N3.